The summed E-state index contributed by atoms with van der Waals surface area (Å²) in [5, 5.41) is 25.3. The van der Waals surface area contributed by atoms with Gasteiger partial charge in [0.1, 0.15) is 6.04 Å². The first-order valence-corrected chi connectivity index (χ1v) is 9.50. The van der Waals surface area contributed by atoms with E-state index in [2.05, 4.69) is 11.4 Å². The highest BCUT2D eigenvalue weighted by atomic mass is 16.4. The summed E-state index contributed by atoms with van der Waals surface area (Å²) >= 11 is 0. The molecule has 2 N–H and O–H groups in total. The van der Waals surface area contributed by atoms with Crippen molar-refractivity contribution in [1.29, 1.82) is 5.26 Å². The molecule has 4 rings (SSSR count). The number of carbonyl (C=O) groups excluding carboxylic acids is 1. The number of fused-ring (bicyclic) bond motifs is 2. The number of nitriles is 1. The number of carbonyl (C=O) groups is 2. The highest BCUT2D eigenvalue weighted by Crippen LogP contribution is 2.29. The van der Waals surface area contributed by atoms with E-state index in [0.717, 1.165) is 27.1 Å². The van der Waals surface area contributed by atoms with Gasteiger partial charge in [0.15, 0.2) is 0 Å². The average molecular weight is 394 g/mol. The van der Waals surface area contributed by atoms with Crippen molar-refractivity contribution in [1.82, 2.24) is 5.32 Å². The van der Waals surface area contributed by atoms with E-state index in [4.69, 9.17) is 5.26 Å². The summed E-state index contributed by atoms with van der Waals surface area (Å²) in [5.74, 6) is -1.59. The number of nitrogens with zero attached hydrogens (tertiary/aromatic N) is 1. The molecular weight excluding hydrogens is 376 g/mol. The molecule has 30 heavy (non-hydrogen) atoms. The molecule has 0 aliphatic carbocycles. The maximum Gasteiger partial charge on any atom is 0.326 e. The summed E-state index contributed by atoms with van der Waals surface area (Å²) in [4.78, 5) is 24.6. The fraction of sp³-hybridized carbons (Fsp3) is 0.0800. The Kier molecular flexibility index (Phi) is 5.15. The Hall–Kier alpha value is -4.17. The van der Waals surface area contributed by atoms with Crippen LogP contribution in [0.4, 0.5) is 0 Å². The van der Waals surface area contributed by atoms with Gasteiger partial charge >= 0.3 is 5.97 Å². The summed E-state index contributed by atoms with van der Waals surface area (Å²) in [6.45, 7) is 0. The van der Waals surface area contributed by atoms with Crippen LogP contribution in [0, 0.1) is 11.3 Å². The standard InChI is InChI=1S/C25H18N2O3/c26-15-16-9-11-17(12-10-16)24(28)27-23(25(29)30)14-22-20-7-3-1-5-18(20)13-19-6-2-4-8-21(19)22/h1-13,23H,14H2,(H,27,28)(H,29,30)/t23-/m0/s1. The van der Waals surface area contributed by atoms with Crippen LogP contribution in [0.1, 0.15) is 21.5 Å². The minimum Gasteiger partial charge on any atom is -0.480 e. The molecular formula is C25H18N2O3. The van der Waals surface area contributed by atoms with Crippen LogP contribution >= 0.6 is 0 Å². The van der Waals surface area contributed by atoms with Crippen molar-refractivity contribution in [2.75, 3.05) is 0 Å². The zero-order chi connectivity index (χ0) is 21.1. The SMILES string of the molecule is N#Cc1ccc(C(=O)N[C@@H](Cc2c3ccccc3cc3ccccc23)C(=O)O)cc1. The van der Waals surface area contributed by atoms with Crippen LogP contribution in [0.15, 0.2) is 78.9 Å². The molecule has 1 amide bonds. The smallest absolute Gasteiger partial charge is 0.326 e. The van der Waals surface area contributed by atoms with Gasteiger partial charge in [0.2, 0.25) is 0 Å². The number of benzene rings is 4. The van der Waals surface area contributed by atoms with Gasteiger partial charge in [-0.3, -0.25) is 4.79 Å². The van der Waals surface area contributed by atoms with Crippen LogP contribution in [0.5, 0.6) is 0 Å². The Morgan fingerprint density at radius 2 is 1.47 bits per heavy atom. The van der Waals surface area contributed by atoms with Gasteiger partial charge in [-0.25, -0.2) is 4.79 Å². The van der Waals surface area contributed by atoms with Gasteiger partial charge in [0.25, 0.3) is 5.91 Å². The van der Waals surface area contributed by atoms with E-state index < -0.39 is 17.9 Å². The Balaban J connectivity index is 1.71. The van der Waals surface area contributed by atoms with Crippen molar-refractivity contribution in [3.8, 4) is 6.07 Å². The van der Waals surface area contributed by atoms with Gasteiger partial charge in [-0.05, 0) is 57.4 Å². The lowest BCUT2D eigenvalue weighted by Crippen LogP contribution is -2.42. The van der Waals surface area contributed by atoms with Crippen LogP contribution in [0.2, 0.25) is 0 Å². The normalized spacial score (nSPS) is 11.7. The Labute approximate surface area is 173 Å². The van der Waals surface area contributed by atoms with Crippen molar-refractivity contribution in [3.05, 3.63) is 95.6 Å². The first-order valence-electron chi connectivity index (χ1n) is 9.50. The Morgan fingerprint density at radius 3 is 2.00 bits per heavy atom. The molecule has 146 valence electrons. The van der Waals surface area contributed by atoms with Crippen molar-refractivity contribution in [2.24, 2.45) is 0 Å². The lowest BCUT2D eigenvalue weighted by atomic mass is 9.92. The number of amides is 1. The maximum atomic E-state index is 12.6. The van der Waals surface area contributed by atoms with Gasteiger partial charge in [0, 0.05) is 12.0 Å². The zero-order valence-electron chi connectivity index (χ0n) is 16.0. The second-order valence-corrected chi connectivity index (χ2v) is 7.05. The minimum atomic E-state index is -1.10. The average Bonchev–Trinajstić information content (AvgIpc) is 2.78. The molecule has 0 radical (unpaired) electrons. The maximum absolute atomic E-state index is 12.6. The third-order valence-corrected chi connectivity index (χ3v) is 5.17. The molecule has 0 heterocycles. The van der Waals surface area contributed by atoms with Crippen LogP contribution in [-0.4, -0.2) is 23.0 Å². The highest BCUT2D eigenvalue weighted by Gasteiger charge is 2.23. The number of hydrogen-bond acceptors (Lipinski definition) is 3. The van der Waals surface area contributed by atoms with Crippen molar-refractivity contribution >= 4 is 33.4 Å². The van der Waals surface area contributed by atoms with Gasteiger partial charge in [-0.1, -0.05) is 48.5 Å². The largest absolute Gasteiger partial charge is 0.480 e. The van der Waals surface area contributed by atoms with Gasteiger partial charge in [0.05, 0.1) is 11.6 Å². The second kappa shape index (κ2) is 8.06. The number of rotatable bonds is 5. The number of nitrogens with one attached hydrogen (secondary N) is 1. The predicted molar refractivity (Wildman–Crippen MR) is 115 cm³/mol. The molecule has 5 nitrogen and oxygen atoms in total. The molecule has 0 saturated carbocycles. The van der Waals surface area contributed by atoms with E-state index in [1.54, 1.807) is 0 Å². The van der Waals surface area contributed by atoms with Gasteiger partial charge < -0.3 is 10.4 Å². The molecule has 0 aliphatic heterocycles. The second-order valence-electron chi connectivity index (χ2n) is 7.05. The fourth-order valence-electron chi connectivity index (χ4n) is 3.67. The molecule has 0 fully saturated rings. The summed E-state index contributed by atoms with van der Waals surface area (Å²) in [6, 6.07) is 24.7. The number of aliphatic carboxylic acids is 1. The summed E-state index contributed by atoms with van der Waals surface area (Å²) in [7, 11) is 0. The zero-order valence-corrected chi connectivity index (χ0v) is 16.0. The third-order valence-electron chi connectivity index (χ3n) is 5.17. The molecule has 0 aromatic heterocycles. The lowest BCUT2D eigenvalue weighted by molar-refractivity contribution is -0.139. The van der Waals surface area contributed by atoms with Crippen molar-refractivity contribution in [3.63, 3.8) is 0 Å². The number of carboxylic acids is 1. The first-order chi connectivity index (χ1) is 14.6. The third kappa shape index (κ3) is 3.71. The molecule has 0 saturated heterocycles. The molecule has 4 aromatic rings. The molecule has 0 spiro atoms. The lowest BCUT2D eigenvalue weighted by Gasteiger charge is -2.18. The molecule has 0 aliphatic rings. The van der Waals surface area contributed by atoms with E-state index in [0.29, 0.717) is 11.1 Å². The van der Waals surface area contributed by atoms with Crippen LogP contribution in [-0.2, 0) is 11.2 Å². The van der Waals surface area contributed by atoms with Crippen LogP contribution in [0.25, 0.3) is 21.5 Å². The Bertz CT molecular complexity index is 1250. The van der Waals surface area contributed by atoms with Gasteiger partial charge in [-0.15, -0.1) is 0 Å². The molecule has 5 heteroatoms. The van der Waals surface area contributed by atoms with E-state index in [1.165, 1.54) is 24.3 Å². The molecule has 1 atom stereocenters. The van der Waals surface area contributed by atoms with Crippen LogP contribution in [0.3, 0.4) is 0 Å². The first kappa shape index (κ1) is 19.2. The Morgan fingerprint density at radius 1 is 0.900 bits per heavy atom. The van der Waals surface area contributed by atoms with E-state index in [-0.39, 0.29) is 6.42 Å². The molecule has 4 aromatic carbocycles. The van der Waals surface area contributed by atoms with Crippen molar-refractivity contribution < 1.29 is 14.7 Å². The molecule has 0 bridgehead atoms. The van der Waals surface area contributed by atoms with Gasteiger partial charge in [-0.2, -0.15) is 5.26 Å². The minimum absolute atomic E-state index is 0.152. The van der Waals surface area contributed by atoms with Crippen molar-refractivity contribution in [2.45, 2.75) is 12.5 Å². The summed E-state index contributed by atoms with van der Waals surface area (Å²) < 4.78 is 0. The number of hydrogen-bond donors (Lipinski definition) is 2. The highest BCUT2D eigenvalue weighted by molar-refractivity contribution is 6.03. The molecule has 0 unspecified atom stereocenters. The van der Waals surface area contributed by atoms with E-state index in [1.807, 2.05) is 54.6 Å². The van der Waals surface area contributed by atoms with Crippen LogP contribution < -0.4 is 5.32 Å². The van der Waals surface area contributed by atoms with E-state index in [9.17, 15) is 14.7 Å². The predicted octanol–water partition coefficient (Wildman–Crippen LogP) is 4.29. The summed E-state index contributed by atoms with van der Waals surface area (Å²) in [5.41, 5.74) is 1.63. The number of carboxylic acid groups (broad SMARTS) is 1. The fourth-order valence-corrected chi connectivity index (χ4v) is 3.67. The quantitative estimate of drug-likeness (QED) is 0.494. The topological polar surface area (TPSA) is 90.2 Å². The summed E-state index contributed by atoms with van der Waals surface area (Å²) in [6.07, 6.45) is 0.152. The monoisotopic (exact) mass is 394 g/mol. The van der Waals surface area contributed by atoms with E-state index >= 15 is 0 Å².